The van der Waals surface area contributed by atoms with Crippen molar-refractivity contribution in [3.8, 4) is 5.75 Å². The van der Waals surface area contributed by atoms with E-state index in [0.29, 0.717) is 8.58 Å². The highest BCUT2D eigenvalue weighted by molar-refractivity contribution is 7.48. The summed E-state index contributed by atoms with van der Waals surface area (Å²) in [4.78, 5) is 0. The van der Waals surface area contributed by atoms with Crippen LogP contribution in [0.3, 0.4) is 0 Å². The van der Waals surface area contributed by atoms with E-state index in [4.69, 9.17) is 9.47 Å². The maximum atomic E-state index is 6.44. The van der Waals surface area contributed by atoms with E-state index in [-0.39, 0.29) is 22.8 Å². The maximum absolute atomic E-state index is 6.44. The van der Waals surface area contributed by atoms with Crippen LogP contribution in [0.4, 0.5) is 0 Å². The van der Waals surface area contributed by atoms with E-state index in [0.717, 1.165) is 31.7 Å². The molecule has 35 heavy (non-hydrogen) atoms. The van der Waals surface area contributed by atoms with Gasteiger partial charge in [0.15, 0.2) is 6.79 Å². The van der Waals surface area contributed by atoms with E-state index in [1.165, 1.54) is 33.1 Å². The van der Waals surface area contributed by atoms with Crippen LogP contribution in [0.15, 0.2) is 30.3 Å². The number of aryl methyl sites for hydroxylation is 1. The van der Waals surface area contributed by atoms with Crippen LogP contribution in [-0.4, -0.2) is 20.4 Å². The molecule has 0 saturated heterocycles. The van der Waals surface area contributed by atoms with E-state index >= 15 is 0 Å². The van der Waals surface area contributed by atoms with E-state index < -0.39 is 0 Å². The average Bonchev–Trinajstić information content (AvgIpc) is 2.76. The molecule has 2 unspecified atom stereocenters. The third kappa shape index (κ3) is 7.54. The topological polar surface area (TPSA) is 30.5 Å². The van der Waals surface area contributed by atoms with E-state index in [9.17, 15) is 0 Å². The second-order valence-corrected chi connectivity index (χ2v) is 13.9. The highest BCUT2D eigenvalue weighted by atomic mass is 31.1. The molecule has 0 aliphatic rings. The van der Waals surface area contributed by atoms with Crippen LogP contribution in [-0.2, 0) is 27.3 Å². The first kappa shape index (κ1) is 29.8. The molecule has 2 aromatic rings. The number of methoxy groups -OCH3 is 1. The summed E-state index contributed by atoms with van der Waals surface area (Å²) >= 11 is 0. The van der Waals surface area contributed by atoms with Crippen LogP contribution in [0, 0.1) is 6.92 Å². The number of nitrogens with one attached hydrogen (secondary N) is 1. The van der Waals surface area contributed by atoms with Crippen LogP contribution >= 0.6 is 8.58 Å². The molecule has 0 bridgehead atoms. The Labute approximate surface area is 217 Å². The predicted molar refractivity (Wildman–Crippen MR) is 155 cm³/mol. The second-order valence-electron chi connectivity index (χ2n) is 12.0. The van der Waals surface area contributed by atoms with Gasteiger partial charge in [-0.3, -0.25) is 0 Å². The van der Waals surface area contributed by atoms with Crippen LogP contribution in [0.2, 0.25) is 0 Å². The number of ether oxygens (including phenoxy) is 2. The highest BCUT2D eigenvalue weighted by Crippen LogP contribution is 2.52. The largest absolute Gasteiger partial charge is 0.467 e. The second kappa shape index (κ2) is 12.2. The number of hydrogen-bond acceptors (Lipinski definition) is 3. The zero-order valence-electron chi connectivity index (χ0n) is 24.2. The highest BCUT2D eigenvalue weighted by Gasteiger charge is 2.35. The number of benzene rings is 2. The molecule has 2 aromatic carbocycles. The average molecular weight is 500 g/mol. The van der Waals surface area contributed by atoms with Crippen molar-refractivity contribution in [3.63, 3.8) is 0 Å². The molecule has 0 heterocycles. The minimum Gasteiger partial charge on any atom is -0.467 e. The Morgan fingerprint density at radius 2 is 1.57 bits per heavy atom. The van der Waals surface area contributed by atoms with E-state index in [1.807, 2.05) is 0 Å². The molecule has 196 valence electrons. The summed E-state index contributed by atoms with van der Waals surface area (Å²) in [6.45, 7) is 25.1. The molecule has 3 nitrogen and oxygen atoms in total. The quantitative estimate of drug-likeness (QED) is 0.254. The molecule has 0 saturated carbocycles. The first-order chi connectivity index (χ1) is 16.3. The van der Waals surface area contributed by atoms with Gasteiger partial charge in [-0.1, -0.05) is 108 Å². The van der Waals surface area contributed by atoms with Crippen LogP contribution in [0.25, 0.3) is 0 Å². The lowest BCUT2D eigenvalue weighted by molar-refractivity contribution is 0.0486. The summed E-state index contributed by atoms with van der Waals surface area (Å²) in [6.07, 6.45) is 2.22. The lowest BCUT2D eigenvalue weighted by atomic mass is 9.77. The molecule has 0 amide bonds. The molecule has 2 rings (SSSR count). The molecular formula is C31H50NO2P. The zero-order chi connectivity index (χ0) is 26.4. The van der Waals surface area contributed by atoms with Gasteiger partial charge in [-0.25, -0.2) is 0 Å². The Balaban J connectivity index is 2.83. The lowest BCUT2D eigenvalue weighted by Crippen LogP contribution is -2.27. The molecule has 0 aromatic heterocycles. The van der Waals surface area contributed by atoms with Crippen molar-refractivity contribution in [1.29, 1.82) is 0 Å². The van der Waals surface area contributed by atoms with Crippen molar-refractivity contribution < 1.29 is 9.47 Å². The van der Waals surface area contributed by atoms with E-state index in [1.54, 1.807) is 7.11 Å². The molecule has 0 spiro atoms. The monoisotopic (exact) mass is 499 g/mol. The van der Waals surface area contributed by atoms with Crippen molar-refractivity contribution >= 4 is 13.9 Å². The van der Waals surface area contributed by atoms with Crippen molar-refractivity contribution in [2.24, 2.45) is 0 Å². The van der Waals surface area contributed by atoms with Gasteiger partial charge in [0.1, 0.15) is 5.75 Å². The molecule has 1 N–H and O–H groups in total. The summed E-state index contributed by atoms with van der Waals surface area (Å²) in [5.74, 6) is 1.01. The fourth-order valence-electron chi connectivity index (χ4n) is 4.66. The minimum absolute atomic E-state index is 0.0453. The Morgan fingerprint density at radius 3 is 2.11 bits per heavy atom. The van der Waals surface area contributed by atoms with Crippen molar-refractivity contribution in [2.45, 2.75) is 105 Å². The van der Waals surface area contributed by atoms with Crippen LogP contribution in [0.5, 0.6) is 5.75 Å². The summed E-state index contributed by atoms with van der Waals surface area (Å²) in [5, 5.41) is 4.99. The van der Waals surface area contributed by atoms with Crippen molar-refractivity contribution in [3.05, 3.63) is 58.1 Å². The fraction of sp³-hybridized carbons (Fsp3) is 0.613. The third-order valence-corrected chi connectivity index (χ3v) is 8.79. The van der Waals surface area contributed by atoms with Crippen LogP contribution in [0.1, 0.15) is 103 Å². The molecule has 0 aliphatic carbocycles. The molecule has 0 fully saturated rings. The lowest BCUT2D eigenvalue weighted by Gasteiger charge is -2.37. The van der Waals surface area contributed by atoms with Gasteiger partial charge >= 0.3 is 0 Å². The smallest absolute Gasteiger partial charge is 0.188 e. The normalized spacial score (nSPS) is 14.5. The van der Waals surface area contributed by atoms with Gasteiger partial charge < -0.3 is 14.8 Å². The predicted octanol–water partition coefficient (Wildman–Crippen LogP) is 7.70. The SMILES string of the molecule is CCCC(C)(Pc1c(C)cccc1CNCC)c1cc(C(C)(C)C)cc(C(C)(C)C)c1OCOC. The Bertz CT molecular complexity index is 971. The number of hydrogen-bond donors (Lipinski definition) is 1. The standard InChI is InChI=1S/C31H50NO2P/c1-12-17-31(10,35-28-22(3)15-14-16-23(28)20-32-13-2)26-19-24(29(4,5)6)18-25(30(7,8)9)27(26)34-21-33-11/h14-16,18-19,32,35H,12-13,17,20-21H2,1-11H3. The Morgan fingerprint density at radius 1 is 0.914 bits per heavy atom. The molecule has 0 aliphatic heterocycles. The molecular weight excluding hydrogens is 449 g/mol. The van der Waals surface area contributed by atoms with Gasteiger partial charge in [0, 0.05) is 29.9 Å². The zero-order valence-corrected chi connectivity index (χ0v) is 25.2. The van der Waals surface area contributed by atoms with Gasteiger partial charge in [0.2, 0.25) is 0 Å². The summed E-state index contributed by atoms with van der Waals surface area (Å²) < 4.78 is 11.8. The van der Waals surface area contributed by atoms with Gasteiger partial charge in [-0.05, 0) is 52.7 Å². The third-order valence-electron chi connectivity index (χ3n) is 6.75. The van der Waals surface area contributed by atoms with E-state index in [2.05, 4.69) is 105 Å². The van der Waals surface area contributed by atoms with Crippen molar-refractivity contribution in [1.82, 2.24) is 5.32 Å². The van der Waals surface area contributed by atoms with Crippen LogP contribution < -0.4 is 15.4 Å². The summed E-state index contributed by atoms with van der Waals surface area (Å²) in [7, 11) is 2.34. The van der Waals surface area contributed by atoms with Gasteiger partial charge in [0.05, 0.1) is 0 Å². The minimum atomic E-state index is -0.0494. The van der Waals surface area contributed by atoms with Crippen molar-refractivity contribution in [2.75, 3.05) is 20.4 Å². The summed E-state index contributed by atoms with van der Waals surface area (Å²) in [5.41, 5.74) is 6.74. The first-order valence-electron chi connectivity index (χ1n) is 13.2. The maximum Gasteiger partial charge on any atom is 0.188 e. The van der Waals surface area contributed by atoms with Gasteiger partial charge in [-0.15, -0.1) is 0 Å². The van der Waals surface area contributed by atoms with Gasteiger partial charge in [-0.2, -0.15) is 0 Å². The molecule has 2 atom stereocenters. The Kier molecular flexibility index (Phi) is 10.4. The Hall–Kier alpha value is -1.41. The fourth-order valence-corrected chi connectivity index (χ4v) is 6.52. The molecule has 4 heteroatoms. The van der Waals surface area contributed by atoms with Gasteiger partial charge in [0.25, 0.3) is 0 Å². The first-order valence-corrected chi connectivity index (χ1v) is 14.2. The summed E-state index contributed by atoms with van der Waals surface area (Å²) in [6, 6.07) is 11.6. The number of rotatable bonds is 11. The molecule has 0 radical (unpaired) electrons.